The molecule has 0 atom stereocenters. The van der Waals surface area contributed by atoms with E-state index in [1.165, 1.54) is 0 Å². The molecular formula is C23H17NO. The van der Waals surface area contributed by atoms with Crippen LogP contribution in [0.15, 0.2) is 108 Å². The second-order valence-electron chi connectivity index (χ2n) is 5.88. The number of benzene rings is 2. The molecule has 2 heteroatoms. The number of ether oxygens (including phenoxy) is 1. The molecule has 0 unspecified atom stereocenters. The van der Waals surface area contributed by atoms with Gasteiger partial charge in [0.15, 0.2) is 0 Å². The van der Waals surface area contributed by atoms with Crippen molar-refractivity contribution in [3.05, 3.63) is 119 Å². The van der Waals surface area contributed by atoms with Crippen molar-refractivity contribution in [2.45, 2.75) is 0 Å². The number of nitrogens with one attached hydrogen (secondary N) is 1. The third-order valence-corrected chi connectivity index (χ3v) is 4.13. The predicted molar refractivity (Wildman–Crippen MR) is 103 cm³/mol. The average Bonchev–Trinajstić information content (AvgIpc) is 2.69. The van der Waals surface area contributed by atoms with Crippen molar-refractivity contribution in [1.29, 1.82) is 5.41 Å². The predicted octanol–water partition coefficient (Wildman–Crippen LogP) is 5.54. The smallest absolute Gasteiger partial charge is 0.135 e. The van der Waals surface area contributed by atoms with Gasteiger partial charge in [-0.25, -0.2) is 0 Å². The Bertz CT molecular complexity index is 882. The van der Waals surface area contributed by atoms with Crippen LogP contribution in [0.4, 0.5) is 0 Å². The van der Waals surface area contributed by atoms with Crippen molar-refractivity contribution in [1.82, 2.24) is 0 Å². The Kier molecular flexibility index (Phi) is 4.01. The summed E-state index contributed by atoms with van der Waals surface area (Å²) in [6.45, 7) is 0. The molecule has 2 aromatic rings. The molecule has 0 saturated heterocycles. The van der Waals surface area contributed by atoms with Gasteiger partial charge in [-0.15, -0.1) is 0 Å². The molecule has 2 nitrogen and oxygen atoms in total. The van der Waals surface area contributed by atoms with Crippen molar-refractivity contribution >= 4 is 17.2 Å². The summed E-state index contributed by atoms with van der Waals surface area (Å²) >= 11 is 0. The third kappa shape index (κ3) is 3.29. The van der Waals surface area contributed by atoms with Crippen LogP contribution in [-0.4, -0.2) is 5.71 Å². The number of hydrogen-bond acceptors (Lipinski definition) is 2. The molecular weight excluding hydrogens is 306 g/mol. The fourth-order valence-corrected chi connectivity index (χ4v) is 2.82. The molecule has 120 valence electrons. The lowest BCUT2D eigenvalue weighted by atomic mass is 9.97. The maximum atomic E-state index is 7.69. The van der Waals surface area contributed by atoms with Crippen LogP contribution in [0.5, 0.6) is 0 Å². The largest absolute Gasteiger partial charge is 0.456 e. The van der Waals surface area contributed by atoms with Crippen molar-refractivity contribution in [3.8, 4) is 0 Å². The minimum absolute atomic E-state index is 0.510. The summed E-state index contributed by atoms with van der Waals surface area (Å²) in [4.78, 5) is 0. The van der Waals surface area contributed by atoms with E-state index in [2.05, 4.69) is 12.2 Å². The van der Waals surface area contributed by atoms with Crippen LogP contribution in [0, 0.1) is 5.41 Å². The Morgan fingerprint density at radius 1 is 0.560 bits per heavy atom. The zero-order valence-electron chi connectivity index (χ0n) is 13.6. The van der Waals surface area contributed by atoms with Gasteiger partial charge in [0.25, 0.3) is 0 Å². The summed E-state index contributed by atoms with van der Waals surface area (Å²) in [6, 6.07) is 20.2. The molecule has 0 bridgehead atoms. The molecule has 4 rings (SSSR count). The molecule has 2 aliphatic rings. The molecule has 0 saturated carbocycles. The first-order valence-corrected chi connectivity index (χ1v) is 8.21. The summed E-state index contributed by atoms with van der Waals surface area (Å²) in [5.74, 6) is 1.65. The highest BCUT2D eigenvalue weighted by atomic mass is 16.5. The van der Waals surface area contributed by atoms with Gasteiger partial charge >= 0.3 is 0 Å². The van der Waals surface area contributed by atoms with E-state index in [4.69, 9.17) is 10.1 Å². The summed E-state index contributed by atoms with van der Waals surface area (Å²) < 4.78 is 6.20. The van der Waals surface area contributed by atoms with E-state index < -0.39 is 0 Å². The highest BCUT2D eigenvalue weighted by Gasteiger charge is 2.16. The van der Waals surface area contributed by atoms with Gasteiger partial charge < -0.3 is 10.1 Å². The molecule has 1 heterocycles. The standard InChI is InChI=1S/C23H17NO/c24-21-13-11-17(12-14-21)20-15-22(18-7-3-1-4-8-18)25-23(16-20)19-9-5-2-6-10-19/h1-16,24H. The first kappa shape index (κ1) is 15.2. The van der Waals surface area contributed by atoms with E-state index >= 15 is 0 Å². The fraction of sp³-hybridized carbons (Fsp3) is 0. The molecule has 1 aliphatic heterocycles. The molecule has 2 aromatic carbocycles. The van der Waals surface area contributed by atoms with Gasteiger partial charge in [-0.2, -0.15) is 0 Å². The van der Waals surface area contributed by atoms with Gasteiger partial charge in [-0.3, -0.25) is 0 Å². The molecule has 0 radical (unpaired) electrons. The Labute approximate surface area is 147 Å². The summed E-state index contributed by atoms with van der Waals surface area (Å²) in [5.41, 5.74) is 4.73. The lowest BCUT2D eigenvalue weighted by molar-refractivity contribution is 0.467. The lowest BCUT2D eigenvalue weighted by Gasteiger charge is -2.20. The summed E-state index contributed by atoms with van der Waals surface area (Å²) in [6.07, 6.45) is 11.7. The Morgan fingerprint density at radius 3 is 1.52 bits per heavy atom. The van der Waals surface area contributed by atoms with Gasteiger partial charge in [-0.1, -0.05) is 72.8 Å². The third-order valence-electron chi connectivity index (χ3n) is 4.13. The molecule has 1 N–H and O–H groups in total. The number of rotatable bonds is 2. The molecule has 25 heavy (non-hydrogen) atoms. The van der Waals surface area contributed by atoms with Crippen molar-refractivity contribution in [2.24, 2.45) is 0 Å². The monoisotopic (exact) mass is 323 g/mol. The highest BCUT2D eigenvalue weighted by Crippen LogP contribution is 2.33. The van der Waals surface area contributed by atoms with Gasteiger partial charge in [0.1, 0.15) is 11.5 Å². The average molecular weight is 323 g/mol. The first-order chi connectivity index (χ1) is 12.3. The first-order valence-electron chi connectivity index (χ1n) is 8.21. The van der Waals surface area contributed by atoms with Crippen molar-refractivity contribution < 1.29 is 4.74 Å². The highest BCUT2D eigenvalue weighted by molar-refractivity contribution is 6.03. The molecule has 0 fully saturated rings. The van der Waals surface area contributed by atoms with E-state index in [1.54, 1.807) is 0 Å². The Balaban J connectivity index is 1.83. The van der Waals surface area contributed by atoms with Crippen LogP contribution in [0.3, 0.4) is 0 Å². The second-order valence-corrected chi connectivity index (χ2v) is 5.88. The van der Waals surface area contributed by atoms with Gasteiger partial charge in [0.05, 0.1) is 5.71 Å². The van der Waals surface area contributed by atoms with Gasteiger partial charge in [0.2, 0.25) is 0 Å². The van der Waals surface area contributed by atoms with E-state index in [1.807, 2.05) is 85.0 Å². The van der Waals surface area contributed by atoms with E-state index in [9.17, 15) is 0 Å². The SMILES string of the molecule is N=C1C=CC(=C2C=C(c3ccccc3)OC(c3ccccc3)=C2)C=C1. The van der Waals surface area contributed by atoms with Gasteiger partial charge in [0, 0.05) is 11.1 Å². The van der Waals surface area contributed by atoms with Crippen LogP contribution in [0.25, 0.3) is 11.5 Å². The lowest BCUT2D eigenvalue weighted by Crippen LogP contribution is -2.02. The number of allylic oxidation sites excluding steroid dienone is 8. The van der Waals surface area contributed by atoms with Crippen LogP contribution >= 0.6 is 0 Å². The Morgan fingerprint density at radius 2 is 1.04 bits per heavy atom. The van der Waals surface area contributed by atoms with Gasteiger partial charge in [-0.05, 0) is 35.5 Å². The van der Waals surface area contributed by atoms with E-state index in [0.717, 1.165) is 33.8 Å². The minimum atomic E-state index is 0.510. The van der Waals surface area contributed by atoms with Crippen molar-refractivity contribution in [3.63, 3.8) is 0 Å². The second kappa shape index (κ2) is 6.62. The zero-order valence-corrected chi connectivity index (χ0v) is 13.6. The maximum absolute atomic E-state index is 7.69. The zero-order chi connectivity index (χ0) is 17.1. The minimum Gasteiger partial charge on any atom is -0.456 e. The molecule has 0 amide bonds. The molecule has 0 aromatic heterocycles. The van der Waals surface area contributed by atoms with Crippen LogP contribution in [-0.2, 0) is 4.74 Å². The van der Waals surface area contributed by atoms with E-state index in [-0.39, 0.29) is 0 Å². The van der Waals surface area contributed by atoms with Crippen LogP contribution < -0.4 is 0 Å². The topological polar surface area (TPSA) is 33.1 Å². The van der Waals surface area contributed by atoms with Crippen molar-refractivity contribution in [2.75, 3.05) is 0 Å². The normalized spacial score (nSPS) is 16.4. The Hall–Kier alpha value is -3.39. The summed E-state index contributed by atoms with van der Waals surface area (Å²) in [7, 11) is 0. The maximum Gasteiger partial charge on any atom is 0.135 e. The molecule has 0 spiro atoms. The van der Waals surface area contributed by atoms with E-state index in [0.29, 0.717) is 5.71 Å². The fourth-order valence-electron chi connectivity index (χ4n) is 2.82. The number of hydrogen-bond donors (Lipinski definition) is 1. The quantitative estimate of drug-likeness (QED) is 0.773. The molecule has 1 aliphatic carbocycles. The van der Waals surface area contributed by atoms with Crippen LogP contribution in [0.1, 0.15) is 11.1 Å². The van der Waals surface area contributed by atoms with Crippen LogP contribution in [0.2, 0.25) is 0 Å². The summed E-state index contributed by atoms with van der Waals surface area (Å²) in [5, 5.41) is 7.69.